The van der Waals surface area contributed by atoms with Crippen LogP contribution in [-0.2, 0) is 66.4 Å². The van der Waals surface area contributed by atoms with Crippen molar-refractivity contribution < 1.29 is 71.5 Å². The normalized spacial score (nSPS) is 58.8. The molecule has 0 spiro atoms. The molecule has 0 radical (unpaired) electrons. The fraction of sp³-hybridized carbons (Fsp3) is 0.880. The van der Waals surface area contributed by atoms with Crippen molar-refractivity contribution >= 4 is 12.3 Å². The Balaban J connectivity index is 0.741. The summed E-state index contributed by atoms with van der Waals surface area (Å²) in [5, 5.41) is 11.5. The highest BCUT2D eigenvalue weighted by atomic mass is 16.7. The van der Waals surface area contributed by atoms with Crippen molar-refractivity contribution in [2.24, 2.45) is 5.92 Å². The third-order valence-electron chi connectivity index (χ3n) is 18.5. The smallest absolute Gasteiger partial charge is 0.331 e. The van der Waals surface area contributed by atoms with E-state index in [4.69, 9.17) is 56.8 Å². The van der Waals surface area contributed by atoms with Crippen molar-refractivity contribution in [1.29, 1.82) is 0 Å². The highest BCUT2D eigenvalue weighted by molar-refractivity contribution is 5.84. The lowest BCUT2D eigenvalue weighted by atomic mass is 9.72. The van der Waals surface area contributed by atoms with E-state index in [-0.39, 0.29) is 116 Å². The molecule has 360 valence electrons. The molecule has 0 bridgehead atoms. The maximum Gasteiger partial charge on any atom is 0.331 e. The number of aliphatic hydroxyl groups excluding tert-OH is 1. The Morgan fingerprint density at radius 3 is 2.18 bits per heavy atom. The molecule has 9 unspecified atom stereocenters. The quantitative estimate of drug-likeness (QED) is 0.179. The Kier molecular flexibility index (Phi) is 10.5. The molecule has 12 aliphatic rings. The van der Waals surface area contributed by atoms with E-state index in [1.165, 1.54) is 0 Å². The number of ether oxygens (including phenoxy) is 12. The van der Waals surface area contributed by atoms with Gasteiger partial charge >= 0.3 is 5.97 Å². The minimum atomic E-state index is -0.923. The molecule has 15 nitrogen and oxygen atoms in total. The van der Waals surface area contributed by atoms with Gasteiger partial charge in [-0.25, -0.2) is 4.79 Å². The summed E-state index contributed by atoms with van der Waals surface area (Å²) in [5.41, 5.74) is -2.03. The molecule has 11 fully saturated rings. The second kappa shape index (κ2) is 15.3. The minimum Gasteiger partial charge on any atom is -0.456 e. The van der Waals surface area contributed by atoms with Gasteiger partial charge in [-0.15, -0.1) is 0 Å². The summed E-state index contributed by atoms with van der Waals surface area (Å²) in [6.07, 6.45) is 4.90. The van der Waals surface area contributed by atoms with Gasteiger partial charge in [-0.1, -0.05) is 13.5 Å². The summed E-state index contributed by atoms with van der Waals surface area (Å²) in [7, 11) is 0. The third-order valence-corrected chi connectivity index (χ3v) is 18.5. The van der Waals surface area contributed by atoms with E-state index >= 15 is 0 Å². The molecule has 11 saturated heterocycles. The zero-order valence-electron chi connectivity index (χ0n) is 39.1. The van der Waals surface area contributed by atoms with E-state index < -0.39 is 40.2 Å². The summed E-state index contributed by atoms with van der Waals surface area (Å²) in [5.74, 6) is -0.153. The minimum absolute atomic E-state index is 0.0310. The molecule has 0 aromatic heterocycles. The van der Waals surface area contributed by atoms with E-state index in [1.807, 2.05) is 13.8 Å². The first-order chi connectivity index (χ1) is 30.8. The monoisotopic (exact) mass is 910 g/mol. The first-order valence-electron chi connectivity index (χ1n) is 24.9. The number of fused-ring (bicyclic) bond motifs is 12. The number of rotatable bonds is 3. The van der Waals surface area contributed by atoms with Gasteiger partial charge in [0.25, 0.3) is 0 Å². The molecule has 0 aromatic carbocycles. The van der Waals surface area contributed by atoms with E-state index in [0.29, 0.717) is 63.4 Å². The lowest BCUT2D eigenvalue weighted by Crippen LogP contribution is -2.71. The van der Waals surface area contributed by atoms with Crippen LogP contribution in [0.3, 0.4) is 0 Å². The van der Waals surface area contributed by atoms with Crippen LogP contribution in [0.5, 0.6) is 0 Å². The van der Waals surface area contributed by atoms with E-state index in [1.54, 1.807) is 6.08 Å². The molecular weight excluding hydrogens is 841 g/mol. The predicted octanol–water partition coefficient (Wildman–Crippen LogP) is 4.68. The average molecular weight is 911 g/mol. The van der Waals surface area contributed by atoms with Gasteiger partial charge in [0.05, 0.1) is 114 Å². The number of hydrogen-bond donors (Lipinski definition) is 1. The van der Waals surface area contributed by atoms with Gasteiger partial charge in [0.15, 0.2) is 0 Å². The molecule has 12 heterocycles. The first-order valence-corrected chi connectivity index (χ1v) is 24.9. The highest BCUT2D eigenvalue weighted by Crippen LogP contribution is 2.57. The molecule has 15 heteroatoms. The molecule has 0 amide bonds. The molecule has 12 rings (SSSR count). The second-order valence-electron chi connectivity index (χ2n) is 23.4. The maximum absolute atomic E-state index is 12.3. The van der Waals surface area contributed by atoms with Crippen LogP contribution in [0.1, 0.15) is 126 Å². The van der Waals surface area contributed by atoms with Crippen LogP contribution in [0.2, 0.25) is 0 Å². The van der Waals surface area contributed by atoms with Crippen LogP contribution in [-0.4, -0.2) is 161 Å². The maximum atomic E-state index is 12.3. The van der Waals surface area contributed by atoms with E-state index in [2.05, 4.69) is 41.2 Å². The number of esters is 1. The van der Waals surface area contributed by atoms with Crippen LogP contribution in [0.4, 0.5) is 0 Å². The van der Waals surface area contributed by atoms with Crippen LogP contribution < -0.4 is 0 Å². The number of aldehydes is 1. The number of aliphatic hydroxyl groups is 1. The lowest BCUT2D eigenvalue weighted by molar-refractivity contribution is -0.360. The van der Waals surface area contributed by atoms with Crippen molar-refractivity contribution in [3.63, 3.8) is 0 Å². The number of carbonyl (C=O) groups is 2. The SMILES string of the molecule is C=C(C=O)C[C@@H]1C[C@H](O)[C@]2(C)OC3CC4OC5C[C@]6(C)O[C@]7(C)CCC8OC9C[C@]%10(C)OC%11C(C)=CC(=O)O[C@H]%11C[C@H]%10OC9C[C@@H](C)[C@H]8O[C@H]7C[C@H]6O[C@@]5(C)CC5OC5[C@H]4O[C@H]3C[C@H]2O1. The molecule has 0 saturated carbocycles. The topological polar surface area (TPSA) is 168 Å². The number of hydrogen-bond acceptors (Lipinski definition) is 15. The third kappa shape index (κ3) is 7.24. The van der Waals surface area contributed by atoms with Crippen molar-refractivity contribution in [3.8, 4) is 0 Å². The van der Waals surface area contributed by atoms with Gasteiger partial charge < -0.3 is 61.9 Å². The molecular formula is C50H70O15. The van der Waals surface area contributed by atoms with Gasteiger partial charge in [0.2, 0.25) is 0 Å². The fourth-order valence-electron chi connectivity index (χ4n) is 14.7. The van der Waals surface area contributed by atoms with Gasteiger partial charge in [-0.3, -0.25) is 4.79 Å². The molecule has 25 atom stereocenters. The van der Waals surface area contributed by atoms with Crippen molar-refractivity contribution in [3.05, 3.63) is 23.8 Å². The summed E-state index contributed by atoms with van der Waals surface area (Å²) >= 11 is 0. The first kappa shape index (κ1) is 44.4. The van der Waals surface area contributed by atoms with E-state index in [9.17, 15) is 14.7 Å². The van der Waals surface area contributed by atoms with Crippen LogP contribution in [0.15, 0.2) is 23.8 Å². The Bertz CT molecular complexity index is 1980. The summed E-state index contributed by atoms with van der Waals surface area (Å²) in [4.78, 5) is 23.6. The summed E-state index contributed by atoms with van der Waals surface area (Å²) in [6.45, 7) is 18.7. The number of epoxide rings is 1. The Morgan fingerprint density at radius 2 is 1.37 bits per heavy atom. The summed E-state index contributed by atoms with van der Waals surface area (Å²) in [6, 6.07) is 0. The van der Waals surface area contributed by atoms with Gasteiger partial charge in [-0.2, -0.15) is 0 Å². The van der Waals surface area contributed by atoms with Crippen LogP contribution in [0.25, 0.3) is 0 Å². The standard InChI is InChI=1S/C50H70O15/c1-23(22-51)11-26-14-35(52)50(8)39(54-26)16-29-30(62-50)15-31-44(59-29)45-34(60-45)20-48(6)40(57-31)21-49(7)38(63-48)18-37-46(4,65-49)10-9-27-42(61-37)24(2)12-28-33(55-27)19-47(5)36(56-28)17-32-43(64-47)25(3)13-41(53)58-32/h13,22,24,26-40,42-45,52H,1,9-12,14-21H2,2-8H3/t24-,26-,27?,28?,29+,30?,31?,32+,33?,34?,35+,36-,37+,38-,39-,40?,42-,43?,44+,45?,46-,47+,48+,49+,50+/m1/s1. The Labute approximate surface area is 382 Å². The Morgan fingerprint density at radius 1 is 0.662 bits per heavy atom. The van der Waals surface area contributed by atoms with Gasteiger partial charge in [0.1, 0.15) is 36.3 Å². The zero-order chi connectivity index (χ0) is 45.2. The molecule has 0 aromatic rings. The lowest BCUT2D eigenvalue weighted by Gasteiger charge is -2.61. The fourth-order valence-corrected chi connectivity index (χ4v) is 14.7. The largest absolute Gasteiger partial charge is 0.456 e. The van der Waals surface area contributed by atoms with Gasteiger partial charge in [0, 0.05) is 63.9 Å². The Hall–Kier alpha value is -1.86. The van der Waals surface area contributed by atoms with Gasteiger partial charge in [-0.05, 0) is 77.9 Å². The van der Waals surface area contributed by atoms with E-state index in [0.717, 1.165) is 31.1 Å². The molecule has 1 N–H and O–H groups in total. The van der Waals surface area contributed by atoms with Crippen molar-refractivity contribution in [1.82, 2.24) is 0 Å². The average Bonchev–Trinajstić information content (AvgIpc) is 4.02. The summed E-state index contributed by atoms with van der Waals surface area (Å²) < 4.78 is 82.4. The van der Waals surface area contributed by atoms with Crippen LogP contribution >= 0.6 is 0 Å². The number of carbonyl (C=O) groups excluding carboxylic acids is 2. The predicted molar refractivity (Wildman–Crippen MR) is 228 cm³/mol. The van der Waals surface area contributed by atoms with Crippen molar-refractivity contribution in [2.45, 2.75) is 269 Å². The zero-order valence-corrected chi connectivity index (χ0v) is 39.1. The molecule has 12 aliphatic heterocycles. The van der Waals surface area contributed by atoms with Crippen LogP contribution in [0, 0.1) is 5.92 Å². The van der Waals surface area contributed by atoms with Crippen molar-refractivity contribution in [2.75, 3.05) is 0 Å². The molecule has 0 aliphatic carbocycles. The second-order valence-corrected chi connectivity index (χ2v) is 23.4. The molecule has 65 heavy (non-hydrogen) atoms. The highest BCUT2D eigenvalue weighted by Gasteiger charge is 2.68.